The van der Waals surface area contributed by atoms with Crippen LogP contribution in [0, 0.1) is 0 Å². The zero-order valence-electron chi connectivity index (χ0n) is 30.6. The molecular weight excluding hydrogens is 711 g/mol. The highest BCUT2D eigenvalue weighted by Crippen LogP contribution is 2.47. The Kier molecular flexibility index (Phi) is 7.10. The number of rotatable bonds is 4. The number of aromatic nitrogens is 3. The van der Waals surface area contributed by atoms with E-state index in [4.69, 9.17) is 15.0 Å². The summed E-state index contributed by atoms with van der Waals surface area (Å²) in [5, 5.41) is 10.7. The highest BCUT2D eigenvalue weighted by Gasteiger charge is 2.19. The van der Waals surface area contributed by atoms with Crippen molar-refractivity contribution >= 4 is 85.8 Å². The Morgan fingerprint density at radius 1 is 0.316 bits per heavy atom. The van der Waals surface area contributed by atoms with Crippen molar-refractivity contribution in [1.82, 2.24) is 15.0 Å². The summed E-state index contributed by atoms with van der Waals surface area (Å²) in [6.07, 6.45) is 0. The molecule has 12 aromatic rings. The number of hydrogen-bond donors (Lipinski definition) is 0. The summed E-state index contributed by atoms with van der Waals surface area (Å²) in [4.78, 5) is 15.7. The normalized spacial score (nSPS) is 11.9. The summed E-state index contributed by atoms with van der Waals surface area (Å²) < 4.78 is 2.58. The lowest BCUT2D eigenvalue weighted by Crippen LogP contribution is -1.92. The molecule has 0 N–H and O–H groups in total. The summed E-state index contributed by atoms with van der Waals surface area (Å²) >= 11 is 1.90. The van der Waals surface area contributed by atoms with Gasteiger partial charge < -0.3 is 0 Å². The topological polar surface area (TPSA) is 38.7 Å². The van der Waals surface area contributed by atoms with Gasteiger partial charge in [0.2, 0.25) is 0 Å². The maximum atomic E-state index is 5.36. The van der Waals surface area contributed by atoms with Gasteiger partial charge in [-0.05, 0) is 34.5 Å². The molecule has 264 valence electrons. The van der Waals surface area contributed by atoms with E-state index in [9.17, 15) is 0 Å². The molecule has 0 spiro atoms. The summed E-state index contributed by atoms with van der Waals surface area (Å²) in [6, 6.07) is 67.0. The molecule has 0 saturated heterocycles. The quantitative estimate of drug-likeness (QED) is 0.169. The number of thiophene rings is 1. The summed E-state index contributed by atoms with van der Waals surface area (Å²) in [5.74, 6) is 0. The number of hydrogen-bond acceptors (Lipinski definition) is 4. The number of para-hydroxylation sites is 1. The average molecular weight is 742 g/mol. The van der Waals surface area contributed by atoms with Crippen LogP contribution in [0.2, 0.25) is 0 Å². The fourth-order valence-corrected chi connectivity index (χ4v) is 10.2. The van der Waals surface area contributed by atoms with Gasteiger partial charge in [-0.2, -0.15) is 0 Å². The van der Waals surface area contributed by atoms with Crippen LogP contribution in [0.5, 0.6) is 0 Å². The van der Waals surface area contributed by atoms with Gasteiger partial charge in [-0.1, -0.05) is 170 Å². The van der Waals surface area contributed by atoms with Gasteiger partial charge in [0.25, 0.3) is 0 Å². The third kappa shape index (κ3) is 5.01. The SMILES string of the molecule is c1ccc(-c2ccc3ccc4ccc(-c5ccc(-c6cccc7c6sc6c7ccc7c(-c8ccccc8)nc8ccccc8c76)c6ccccc56)nc4c3n2)cc1. The minimum Gasteiger partial charge on any atom is -0.247 e. The standard InChI is InChI=1S/C53H31N3S/c1-3-12-32(13-4-1)45-30-24-34-22-23-35-25-31-47(56-51(35)50(34)54-45)39-27-26-38(36-16-7-8-17-37(36)39)40-19-11-20-41-42-28-29-44-48(53(42)57-52(40)41)43-18-9-10-21-46(43)55-49(44)33-14-5-2-6-15-33/h1-31H. The third-order valence-corrected chi connectivity index (χ3v) is 12.7. The van der Waals surface area contributed by atoms with E-state index in [2.05, 4.69) is 182 Å². The Labute approximate surface area is 332 Å². The Hall–Kier alpha value is -7.27. The average Bonchev–Trinajstić information content (AvgIpc) is 3.68. The van der Waals surface area contributed by atoms with E-state index < -0.39 is 0 Å². The van der Waals surface area contributed by atoms with Gasteiger partial charge in [-0.15, -0.1) is 11.3 Å². The second-order valence-corrected chi connectivity index (χ2v) is 15.7. The summed E-state index contributed by atoms with van der Waals surface area (Å²) in [6.45, 7) is 0. The molecule has 0 atom stereocenters. The highest BCUT2D eigenvalue weighted by atomic mass is 32.1. The van der Waals surface area contributed by atoms with Crippen LogP contribution < -0.4 is 0 Å². The number of nitrogens with zero attached hydrogens (tertiary/aromatic N) is 3. The van der Waals surface area contributed by atoms with Gasteiger partial charge in [-0.25, -0.2) is 15.0 Å². The number of fused-ring (bicyclic) bond motifs is 11. The van der Waals surface area contributed by atoms with Crippen molar-refractivity contribution in [3.8, 4) is 44.9 Å². The molecule has 0 aliphatic carbocycles. The van der Waals surface area contributed by atoms with Gasteiger partial charge in [0.05, 0.1) is 33.6 Å². The van der Waals surface area contributed by atoms with Gasteiger partial charge in [0.15, 0.2) is 0 Å². The van der Waals surface area contributed by atoms with Crippen molar-refractivity contribution in [3.05, 3.63) is 188 Å². The van der Waals surface area contributed by atoms with Crippen molar-refractivity contribution < 1.29 is 0 Å². The van der Waals surface area contributed by atoms with E-state index in [0.29, 0.717) is 0 Å². The molecule has 0 aliphatic rings. The van der Waals surface area contributed by atoms with Crippen LogP contribution in [0.15, 0.2) is 188 Å². The molecule has 4 aromatic heterocycles. The van der Waals surface area contributed by atoms with Crippen molar-refractivity contribution in [3.63, 3.8) is 0 Å². The molecule has 0 saturated carbocycles. The van der Waals surface area contributed by atoms with Gasteiger partial charge in [-0.3, -0.25) is 0 Å². The molecular formula is C53H31N3S. The Morgan fingerprint density at radius 3 is 1.65 bits per heavy atom. The van der Waals surface area contributed by atoms with E-state index >= 15 is 0 Å². The maximum absolute atomic E-state index is 5.36. The number of benzene rings is 8. The van der Waals surface area contributed by atoms with E-state index in [1.165, 1.54) is 58.2 Å². The van der Waals surface area contributed by atoms with Crippen LogP contribution in [0.3, 0.4) is 0 Å². The van der Waals surface area contributed by atoms with Crippen molar-refractivity contribution in [2.45, 2.75) is 0 Å². The first-order valence-corrected chi connectivity index (χ1v) is 20.1. The molecule has 0 aliphatic heterocycles. The van der Waals surface area contributed by atoms with Crippen LogP contribution in [0.25, 0.3) is 119 Å². The lowest BCUT2D eigenvalue weighted by molar-refractivity contribution is 1.37. The predicted molar refractivity (Wildman–Crippen MR) is 242 cm³/mol. The van der Waals surface area contributed by atoms with Crippen molar-refractivity contribution in [1.29, 1.82) is 0 Å². The maximum Gasteiger partial charge on any atom is 0.0972 e. The molecule has 12 rings (SSSR count). The van der Waals surface area contributed by atoms with Crippen LogP contribution in [0.1, 0.15) is 0 Å². The number of pyridine rings is 3. The molecule has 0 bridgehead atoms. The smallest absolute Gasteiger partial charge is 0.0972 e. The van der Waals surface area contributed by atoms with E-state index in [1.54, 1.807) is 0 Å². The molecule has 0 fully saturated rings. The molecule has 4 heteroatoms. The largest absolute Gasteiger partial charge is 0.247 e. The summed E-state index contributed by atoms with van der Waals surface area (Å²) in [5.41, 5.74) is 11.5. The lowest BCUT2D eigenvalue weighted by atomic mass is 9.92. The van der Waals surface area contributed by atoms with Crippen molar-refractivity contribution in [2.24, 2.45) is 0 Å². The first-order chi connectivity index (χ1) is 28.3. The summed E-state index contributed by atoms with van der Waals surface area (Å²) in [7, 11) is 0. The third-order valence-electron chi connectivity index (χ3n) is 11.5. The Bertz CT molecular complexity index is 3570. The fourth-order valence-electron chi connectivity index (χ4n) is 8.76. The van der Waals surface area contributed by atoms with Crippen LogP contribution >= 0.6 is 11.3 Å². The van der Waals surface area contributed by atoms with Crippen molar-refractivity contribution in [2.75, 3.05) is 0 Å². The molecule has 0 unspecified atom stereocenters. The van der Waals surface area contributed by atoms with Crippen LogP contribution in [0.4, 0.5) is 0 Å². The molecule has 4 heterocycles. The van der Waals surface area contributed by atoms with Gasteiger partial charge >= 0.3 is 0 Å². The van der Waals surface area contributed by atoms with Gasteiger partial charge in [0.1, 0.15) is 0 Å². The van der Waals surface area contributed by atoms with Crippen LogP contribution in [-0.4, -0.2) is 15.0 Å². The first-order valence-electron chi connectivity index (χ1n) is 19.3. The monoisotopic (exact) mass is 741 g/mol. The zero-order chi connectivity index (χ0) is 37.5. The Morgan fingerprint density at radius 2 is 0.877 bits per heavy atom. The van der Waals surface area contributed by atoms with E-state index in [-0.39, 0.29) is 0 Å². The predicted octanol–water partition coefficient (Wildman–Crippen LogP) is 14.7. The Balaban J connectivity index is 1.06. The van der Waals surface area contributed by atoms with Gasteiger partial charge in [0, 0.05) is 69.4 Å². The minimum atomic E-state index is 0.913. The zero-order valence-corrected chi connectivity index (χ0v) is 31.5. The second-order valence-electron chi connectivity index (χ2n) is 14.7. The minimum absolute atomic E-state index is 0.913. The van der Waals surface area contributed by atoms with E-state index in [1.807, 2.05) is 17.4 Å². The second kappa shape index (κ2) is 12.6. The first kappa shape index (κ1) is 32.0. The molecule has 0 amide bonds. The molecule has 0 radical (unpaired) electrons. The van der Waals surface area contributed by atoms with Crippen LogP contribution in [-0.2, 0) is 0 Å². The highest BCUT2D eigenvalue weighted by molar-refractivity contribution is 7.27. The van der Waals surface area contributed by atoms with E-state index in [0.717, 1.165) is 61.1 Å². The lowest BCUT2D eigenvalue weighted by Gasteiger charge is -2.13. The molecule has 57 heavy (non-hydrogen) atoms. The molecule has 8 aromatic carbocycles. The fraction of sp³-hybridized carbons (Fsp3) is 0. The molecule has 3 nitrogen and oxygen atoms in total.